The van der Waals surface area contributed by atoms with Crippen LogP contribution < -0.4 is 5.32 Å². The first-order valence-electron chi connectivity index (χ1n) is 8.62. The fraction of sp³-hybridized carbons (Fsp3) is 0.450. The average molecular weight is 330 g/mol. The van der Waals surface area contributed by atoms with Crippen LogP contribution in [0.15, 0.2) is 48.6 Å². The zero-order valence-corrected chi connectivity index (χ0v) is 14.1. The number of amides is 1. The molecule has 1 N–H and O–H groups in total. The summed E-state index contributed by atoms with van der Waals surface area (Å²) in [5.74, 6) is 1.43. The van der Waals surface area contributed by atoms with Crippen molar-refractivity contribution in [1.29, 1.82) is 0 Å². The van der Waals surface area contributed by atoms with Gasteiger partial charge in [0.05, 0.1) is 0 Å². The molecule has 0 aromatic heterocycles. The van der Waals surface area contributed by atoms with Crippen LogP contribution in [-0.2, 0) is 4.79 Å². The maximum Gasteiger partial charge on any atom is 0.228 e. The molecular weight excluding hydrogens is 306 g/mol. The molecule has 0 saturated heterocycles. The number of allylic oxidation sites excluding steroid dienone is 4. The molecule has 0 aliphatic heterocycles. The molecule has 2 nitrogen and oxygen atoms in total. The van der Waals surface area contributed by atoms with E-state index in [0.717, 1.165) is 44.2 Å². The highest BCUT2D eigenvalue weighted by atomic mass is 35.5. The van der Waals surface area contributed by atoms with Crippen molar-refractivity contribution in [3.63, 3.8) is 0 Å². The topological polar surface area (TPSA) is 29.1 Å². The Labute approximate surface area is 143 Å². The highest BCUT2D eigenvalue weighted by Crippen LogP contribution is 2.52. The van der Waals surface area contributed by atoms with Gasteiger partial charge < -0.3 is 5.32 Å². The fourth-order valence-corrected chi connectivity index (χ4v) is 3.75. The zero-order valence-electron chi connectivity index (χ0n) is 13.4. The van der Waals surface area contributed by atoms with Crippen LogP contribution in [0.25, 0.3) is 0 Å². The molecule has 122 valence electrons. The molecule has 1 aromatic rings. The molecule has 1 fully saturated rings. The van der Waals surface area contributed by atoms with Gasteiger partial charge in [0.15, 0.2) is 0 Å². The molecule has 3 rings (SSSR count). The first-order chi connectivity index (χ1) is 11.3. The molecule has 1 saturated carbocycles. The molecular formula is C20H24ClNO. The summed E-state index contributed by atoms with van der Waals surface area (Å²) in [6, 6.07) is 7.34. The van der Waals surface area contributed by atoms with Crippen LogP contribution in [-0.4, -0.2) is 5.91 Å². The average Bonchev–Trinajstić information content (AvgIpc) is 3.22. The molecule has 3 unspecified atom stereocenters. The summed E-state index contributed by atoms with van der Waals surface area (Å²) in [5, 5.41) is 3.74. The first kappa shape index (κ1) is 16.3. The SMILES string of the molecule is O=C(Nc1ccc(Cl)cc1)C1C2CC/C=C\CC/C=C/CCC21. The maximum atomic E-state index is 12.6. The van der Waals surface area contributed by atoms with Crippen LogP contribution in [0, 0.1) is 17.8 Å². The predicted molar refractivity (Wildman–Crippen MR) is 96.5 cm³/mol. The third-order valence-electron chi connectivity index (χ3n) is 4.91. The number of anilines is 1. The summed E-state index contributed by atoms with van der Waals surface area (Å²) in [5.41, 5.74) is 0.835. The number of carbonyl (C=O) groups is 1. The van der Waals surface area contributed by atoms with Crippen molar-refractivity contribution in [2.24, 2.45) is 17.8 Å². The zero-order chi connectivity index (χ0) is 16.1. The minimum absolute atomic E-state index is 0.171. The van der Waals surface area contributed by atoms with Gasteiger partial charge in [0.2, 0.25) is 5.91 Å². The Morgan fingerprint density at radius 1 is 0.870 bits per heavy atom. The predicted octanol–water partition coefficient (Wildman–Crippen LogP) is 5.61. The van der Waals surface area contributed by atoms with E-state index in [1.165, 1.54) is 0 Å². The lowest BCUT2D eigenvalue weighted by Crippen LogP contribution is -2.15. The largest absolute Gasteiger partial charge is 0.326 e. The molecule has 3 atom stereocenters. The van der Waals surface area contributed by atoms with Crippen molar-refractivity contribution in [1.82, 2.24) is 0 Å². The minimum Gasteiger partial charge on any atom is -0.326 e. The van der Waals surface area contributed by atoms with E-state index in [1.54, 1.807) is 0 Å². The summed E-state index contributed by atoms with van der Waals surface area (Å²) in [4.78, 5) is 12.6. The van der Waals surface area contributed by atoms with Gasteiger partial charge in [-0.25, -0.2) is 0 Å². The lowest BCUT2D eigenvalue weighted by Gasteiger charge is -2.05. The lowest BCUT2D eigenvalue weighted by molar-refractivity contribution is -0.117. The molecule has 1 amide bonds. The quantitative estimate of drug-likeness (QED) is 0.702. The second-order valence-electron chi connectivity index (χ2n) is 6.52. The number of hydrogen-bond acceptors (Lipinski definition) is 1. The van der Waals surface area contributed by atoms with Gasteiger partial charge in [-0.05, 0) is 74.6 Å². The van der Waals surface area contributed by atoms with E-state index in [1.807, 2.05) is 24.3 Å². The number of rotatable bonds is 2. The molecule has 2 aliphatic carbocycles. The summed E-state index contributed by atoms with van der Waals surface area (Å²) in [6.45, 7) is 0. The third kappa shape index (κ3) is 4.48. The van der Waals surface area contributed by atoms with Crippen LogP contribution >= 0.6 is 11.6 Å². The number of nitrogens with one attached hydrogen (secondary N) is 1. The van der Waals surface area contributed by atoms with E-state index in [0.29, 0.717) is 16.9 Å². The molecule has 23 heavy (non-hydrogen) atoms. The van der Waals surface area contributed by atoms with Crippen molar-refractivity contribution >= 4 is 23.2 Å². The van der Waals surface area contributed by atoms with E-state index < -0.39 is 0 Å². The van der Waals surface area contributed by atoms with Gasteiger partial charge in [0, 0.05) is 16.6 Å². The number of fused-ring (bicyclic) bond motifs is 1. The fourth-order valence-electron chi connectivity index (χ4n) is 3.62. The van der Waals surface area contributed by atoms with Gasteiger partial charge in [-0.1, -0.05) is 35.9 Å². The van der Waals surface area contributed by atoms with E-state index in [9.17, 15) is 4.79 Å². The summed E-state index contributed by atoms with van der Waals surface area (Å²) >= 11 is 5.89. The maximum absolute atomic E-state index is 12.6. The minimum atomic E-state index is 0.171. The van der Waals surface area contributed by atoms with Crippen LogP contribution in [0.5, 0.6) is 0 Å². The Morgan fingerprint density at radius 3 is 1.96 bits per heavy atom. The molecule has 2 aliphatic rings. The first-order valence-corrected chi connectivity index (χ1v) is 9.00. The Balaban J connectivity index is 1.60. The summed E-state index contributed by atoms with van der Waals surface area (Å²) in [6.07, 6.45) is 15.8. The van der Waals surface area contributed by atoms with Crippen molar-refractivity contribution in [2.45, 2.75) is 38.5 Å². The van der Waals surface area contributed by atoms with Gasteiger partial charge in [0.1, 0.15) is 0 Å². The van der Waals surface area contributed by atoms with Crippen LogP contribution in [0.4, 0.5) is 5.69 Å². The van der Waals surface area contributed by atoms with Crippen LogP contribution in [0.2, 0.25) is 5.02 Å². The summed E-state index contributed by atoms with van der Waals surface area (Å²) < 4.78 is 0. The van der Waals surface area contributed by atoms with Crippen LogP contribution in [0.3, 0.4) is 0 Å². The van der Waals surface area contributed by atoms with Crippen molar-refractivity contribution < 1.29 is 4.79 Å². The molecule has 0 bridgehead atoms. The van der Waals surface area contributed by atoms with E-state index in [4.69, 9.17) is 11.6 Å². The Kier molecular flexibility index (Phi) is 5.56. The van der Waals surface area contributed by atoms with E-state index >= 15 is 0 Å². The molecule has 0 heterocycles. The lowest BCUT2D eigenvalue weighted by atomic mass is 10.1. The number of hydrogen-bond donors (Lipinski definition) is 1. The van der Waals surface area contributed by atoms with Gasteiger partial charge in [-0.2, -0.15) is 0 Å². The smallest absolute Gasteiger partial charge is 0.228 e. The number of halogens is 1. The number of carbonyl (C=O) groups excluding carboxylic acids is 1. The second-order valence-corrected chi connectivity index (χ2v) is 6.96. The van der Waals surface area contributed by atoms with Gasteiger partial charge >= 0.3 is 0 Å². The standard InChI is InChI=1S/C20H24ClNO/c21-15-11-13-16(14-12-15)22-20(23)19-17-9-7-5-3-1-2-4-6-8-10-18(17)19/h3-6,11-14,17-19H,1-2,7-10H2,(H,22,23)/b5-3-,6-4+. The Bertz CT molecular complexity index is 566. The van der Waals surface area contributed by atoms with E-state index in [2.05, 4.69) is 29.6 Å². The van der Waals surface area contributed by atoms with Gasteiger partial charge in [-0.3, -0.25) is 4.79 Å². The Hall–Kier alpha value is -1.54. The van der Waals surface area contributed by atoms with Crippen molar-refractivity contribution in [3.05, 3.63) is 53.6 Å². The Morgan fingerprint density at radius 2 is 1.39 bits per heavy atom. The molecule has 0 spiro atoms. The summed E-state index contributed by atoms with van der Waals surface area (Å²) in [7, 11) is 0. The molecule has 3 heteroatoms. The molecule has 1 aromatic carbocycles. The monoisotopic (exact) mass is 329 g/mol. The second kappa shape index (κ2) is 7.83. The van der Waals surface area contributed by atoms with Crippen molar-refractivity contribution in [3.8, 4) is 0 Å². The van der Waals surface area contributed by atoms with Gasteiger partial charge in [0.25, 0.3) is 0 Å². The highest BCUT2D eigenvalue weighted by Gasteiger charge is 2.52. The third-order valence-corrected chi connectivity index (χ3v) is 5.16. The van der Waals surface area contributed by atoms with Crippen LogP contribution in [0.1, 0.15) is 38.5 Å². The highest BCUT2D eigenvalue weighted by molar-refractivity contribution is 6.30. The number of benzene rings is 1. The van der Waals surface area contributed by atoms with E-state index in [-0.39, 0.29) is 11.8 Å². The normalized spacial score (nSPS) is 30.2. The molecule has 0 radical (unpaired) electrons. The van der Waals surface area contributed by atoms with Crippen molar-refractivity contribution in [2.75, 3.05) is 5.32 Å². The van der Waals surface area contributed by atoms with Gasteiger partial charge in [-0.15, -0.1) is 0 Å².